The summed E-state index contributed by atoms with van der Waals surface area (Å²) in [5, 5.41) is 3.61. The van der Waals surface area contributed by atoms with Crippen LogP contribution in [0, 0.1) is 17.3 Å². The molecule has 2 saturated carbocycles. The van der Waals surface area contributed by atoms with Crippen molar-refractivity contribution >= 4 is 0 Å². The first-order valence-corrected chi connectivity index (χ1v) is 7.53. The molecule has 17 heavy (non-hydrogen) atoms. The molecule has 2 nitrogen and oxygen atoms in total. The summed E-state index contributed by atoms with van der Waals surface area (Å²) in [7, 11) is 2.15. The van der Waals surface area contributed by atoms with E-state index >= 15 is 0 Å². The molecule has 1 saturated heterocycles. The zero-order valence-electron chi connectivity index (χ0n) is 11.7. The molecule has 1 heterocycles. The second kappa shape index (κ2) is 4.24. The van der Waals surface area contributed by atoms with E-state index in [1.165, 1.54) is 45.2 Å². The number of nitrogens with zero attached hydrogens (tertiary/aromatic N) is 1. The van der Waals surface area contributed by atoms with Gasteiger partial charge in [0.25, 0.3) is 0 Å². The number of rotatable bonds is 2. The maximum Gasteiger partial charge on any atom is 0.0271 e. The molecule has 3 rings (SSSR count). The van der Waals surface area contributed by atoms with Crippen LogP contribution in [0.15, 0.2) is 0 Å². The van der Waals surface area contributed by atoms with Crippen LogP contribution in [0.1, 0.15) is 46.0 Å². The Kier molecular flexibility index (Phi) is 2.99. The second-order valence-electron chi connectivity index (χ2n) is 7.27. The standard InChI is InChI=1S/C15H28N2/c1-15(2)8-7-13(14(15)16-3)17-9-11-5-4-6-12(11)10-17/h11-14,16H,4-10H2,1-3H3. The van der Waals surface area contributed by atoms with Gasteiger partial charge >= 0.3 is 0 Å². The van der Waals surface area contributed by atoms with Crippen molar-refractivity contribution in [2.45, 2.75) is 58.0 Å². The molecule has 0 aromatic carbocycles. The van der Waals surface area contributed by atoms with Crippen LogP contribution in [0.4, 0.5) is 0 Å². The topological polar surface area (TPSA) is 15.3 Å². The van der Waals surface area contributed by atoms with Crippen LogP contribution in [0.25, 0.3) is 0 Å². The van der Waals surface area contributed by atoms with Gasteiger partial charge in [0, 0.05) is 25.2 Å². The van der Waals surface area contributed by atoms with E-state index in [4.69, 9.17) is 0 Å². The Hall–Kier alpha value is -0.0800. The molecule has 0 aromatic heterocycles. The van der Waals surface area contributed by atoms with E-state index in [9.17, 15) is 0 Å². The highest BCUT2D eigenvalue weighted by atomic mass is 15.2. The molecule has 4 atom stereocenters. The van der Waals surface area contributed by atoms with Crippen molar-refractivity contribution in [3.05, 3.63) is 0 Å². The molecule has 98 valence electrons. The first kappa shape index (κ1) is 12.0. The Morgan fingerprint density at radius 1 is 1.06 bits per heavy atom. The average molecular weight is 236 g/mol. The first-order chi connectivity index (χ1) is 8.12. The smallest absolute Gasteiger partial charge is 0.0271 e. The predicted molar refractivity (Wildman–Crippen MR) is 72.1 cm³/mol. The van der Waals surface area contributed by atoms with Gasteiger partial charge in [0.15, 0.2) is 0 Å². The van der Waals surface area contributed by atoms with Gasteiger partial charge < -0.3 is 5.32 Å². The molecular weight excluding hydrogens is 208 g/mol. The summed E-state index contributed by atoms with van der Waals surface area (Å²) in [4.78, 5) is 2.82. The summed E-state index contributed by atoms with van der Waals surface area (Å²) < 4.78 is 0. The maximum atomic E-state index is 3.61. The molecule has 2 aliphatic carbocycles. The van der Waals surface area contributed by atoms with Gasteiger partial charge in [-0.15, -0.1) is 0 Å². The van der Waals surface area contributed by atoms with E-state index in [1.807, 2.05) is 0 Å². The number of likely N-dealkylation sites (tertiary alicyclic amines) is 1. The van der Waals surface area contributed by atoms with Crippen LogP contribution in [0.5, 0.6) is 0 Å². The molecule has 3 fully saturated rings. The molecular formula is C15H28N2. The zero-order chi connectivity index (χ0) is 12.0. The van der Waals surface area contributed by atoms with Gasteiger partial charge in [-0.25, -0.2) is 0 Å². The summed E-state index contributed by atoms with van der Waals surface area (Å²) >= 11 is 0. The van der Waals surface area contributed by atoms with Gasteiger partial charge in [0.2, 0.25) is 0 Å². The number of likely N-dealkylation sites (N-methyl/N-ethyl adjacent to an activating group) is 1. The van der Waals surface area contributed by atoms with Gasteiger partial charge in [-0.3, -0.25) is 4.90 Å². The second-order valence-corrected chi connectivity index (χ2v) is 7.27. The minimum Gasteiger partial charge on any atom is -0.315 e. The van der Waals surface area contributed by atoms with E-state index in [0.29, 0.717) is 11.5 Å². The quantitative estimate of drug-likeness (QED) is 0.792. The van der Waals surface area contributed by atoms with Crippen molar-refractivity contribution in [3.8, 4) is 0 Å². The molecule has 1 aliphatic heterocycles. The van der Waals surface area contributed by atoms with E-state index in [2.05, 4.69) is 31.1 Å². The van der Waals surface area contributed by atoms with Crippen LogP contribution in [0.3, 0.4) is 0 Å². The monoisotopic (exact) mass is 236 g/mol. The fourth-order valence-corrected chi connectivity index (χ4v) is 4.88. The highest BCUT2D eigenvalue weighted by Gasteiger charge is 2.47. The zero-order valence-corrected chi connectivity index (χ0v) is 11.7. The number of hydrogen-bond acceptors (Lipinski definition) is 2. The van der Waals surface area contributed by atoms with Gasteiger partial charge in [-0.1, -0.05) is 20.3 Å². The summed E-state index contributed by atoms with van der Waals surface area (Å²) in [6.07, 6.45) is 7.28. The summed E-state index contributed by atoms with van der Waals surface area (Å²) in [5.74, 6) is 2.08. The van der Waals surface area contributed by atoms with E-state index < -0.39 is 0 Å². The predicted octanol–water partition coefficient (Wildman–Crippen LogP) is 2.49. The lowest BCUT2D eigenvalue weighted by Gasteiger charge is -2.35. The van der Waals surface area contributed by atoms with Crippen LogP contribution >= 0.6 is 0 Å². The molecule has 4 unspecified atom stereocenters. The Morgan fingerprint density at radius 3 is 2.29 bits per heavy atom. The number of nitrogens with one attached hydrogen (secondary N) is 1. The van der Waals surface area contributed by atoms with Crippen LogP contribution < -0.4 is 5.32 Å². The number of hydrogen-bond donors (Lipinski definition) is 1. The van der Waals surface area contributed by atoms with Crippen LogP contribution in [0.2, 0.25) is 0 Å². The highest BCUT2D eigenvalue weighted by Crippen LogP contribution is 2.44. The normalized spacial score (nSPS) is 45.4. The maximum absolute atomic E-state index is 3.61. The molecule has 0 radical (unpaired) electrons. The summed E-state index contributed by atoms with van der Waals surface area (Å²) in [6.45, 7) is 7.66. The lowest BCUT2D eigenvalue weighted by atomic mass is 9.86. The average Bonchev–Trinajstić information content (AvgIpc) is 2.88. The Labute approximate surface area is 106 Å². The third-order valence-corrected chi connectivity index (χ3v) is 5.85. The van der Waals surface area contributed by atoms with Gasteiger partial charge in [-0.2, -0.15) is 0 Å². The van der Waals surface area contributed by atoms with Crippen molar-refractivity contribution in [1.82, 2.24) is 10.2 Å². The molecule has 2 heteroatoms. The first-order valence-electron chi connectivity index (χ1n) is 7.53. The Morgan fingerprint density at radius 2 is 1.71 bits per heavy atom. The lowest BCUT2D eigenvalue weighted by Crippen LogP contribution is -2.50. The SMILES string of the molecule is CNC1C(N2CC3CCCC3C2)CCC1(C)C. The van der Waals surface area contributed by atoms with Gasteiger partial charge in [0.1, 0.15) is 0 Å². The molecule has 0 spiro atoms. The molecule has 0 bridgehead atoms. The van der Waals surface area contributed by atoms with Crippen molar-refractivity contribution in [2.24, 2.45) is 17.3 Å². The molecule has 1 N–H and O–H groups in total. The van der Waals surface area contributed by atoms with Crippen molar-refractivity contribution in [1.29, 1.82) is 0 Å². The van der Waals surface area contributed by atoms with Crippen LogP contribution in [-0.4, -0.2) is 37.1 Å². The van der Waals surface area contributed by atoms with E-state index in [-0.39, 0.29) is 0 Å². The highest BCUT2D eigenvalue weighted by molar-refractivity contribution is 5.03. The fraction of sp³-hybridized carbons (Fsp3) is 1.00. The molecule has 0 amide bonds. The van der Waals surface area contributed by atoms with Crippen LogP contribution in [-0.2, 0) is 0 Å². The summed E-state index contributed by atoms with van der Waals surface area (Å²) in [5.41, 5.74) is 0.483. The molecule has 3 aliphatic rings. The van der Waals surface area contributed by atoms with E-state index in [0.717, 1.165) is 17.9 Å². The summed E-state index contributed by atoms with van der Waals surface area (Å²) in [6, 6.07) is 1.50. The lowest BCUT2D eigenvalue weighted by molar-refractivity contribution is 0.167. The van der Waals surface area contributed by atoms with Crippen molar-refractivity contribution in [3.63, 3.8) is 0 Å². The minimum atomic E-state index is 0.483. The van der Waals surface area contributed by atoms with Crippen molar-refractivity contribution in [2.75, 3.05) is 20.1 Å². The molecule has 0 aromatic rings. The van der Waals surface area contributed by atoms with Gasteiger partial charge in [-0.05, 0) is 50.0 Å². The number of fused-ring (bicyclic) bond motifs is 1. The third kappa shape index (κ3) is 1.94. The van der Waals surface area contributed by atoms with Gasteiger partial charge in [0.05, 0.1) is 0 Å². The minimum absolute atomic E-state index is 0.483. The third-order valence-electron chi connectivity index (χ3n) is 5.85. The fourth-order valence-electron chi connectivity index (χ4n) is 4.88. The largest absolute Gasteiger partial charge is 0.315 e. The Bertz CT molecular complexity index is 275. The Balaban J connectivity index is 1.69. The van der Waals surface area contributed by atoms with E-state index in [1.54, 1.807) is 0 Å². The van der Waals surface area contributed by atoms with Crippen molar-refractivity contribution < 1.29 is 0 Å².